The van der Waals surface area contributed by atoms with Crippen molar-refractivity contribution in [3.05, 3.63) is 30.0 Å². The number of aromatic amines is 1. The van der Waals surface area contributed by atoms with Crippen molar-refractivity contribution in [3.63, 3.8) is 0 Å². The van der Waals surface area contributed by atoms with Gasteiger partial charge in [-0.05, 0) is 29.9 Å². The van der Waals surface area contributed by atoms with E-state index in [9.17, 15) is 0 Å². The molecule has 1 unspecified atom stereocenters. The van der Waals surface area contributed by atoms with Crippen molar-refractivity contribution >= 4 is 25.4 Å². The molecule has 0 radical (unpaired) electrons. The first-order chi connectivity index (χ1) is 5.27. The SMILES string of the molecule is Cc1cc(P)cc2[nH]ccc12. The first-order valence-corrected chi connectivity index (χ1v) is 4.18. The molecule has 0 amide bonds. The topological polar surface area (TPSA) is 15.8 Å². The molecule has 0 bridgehead atoms. The van der Waals surface area contributed by atoms with Crippen molar-refractivity contribution in [2.24, 2.45) is 0 Å². The maximum absolute atomic E-state index is 3.19. The number of rotatable bonds is 0. The molecule has 1 aromatic heterocycles. The number of fused-ring (bicyclic) bond motifs is 1. The average Bonchev–Trinajstić information content (AvgIpc) is 2.34. The minimum absolute atomic E-state index is 1.22. The molecule has 0 aliphatic carbocycles. The van der Waals surface area contributed by atoms with Crippen LogP contribution >= 0.6 is 9.24 Å². The molecule has 0 saturated carbocycles. The summed E-state index contributed by atoms with van der Waals surface area (Å²) in [7, 11) is 2.71. The smallest absolute Gasteiger partial charge is 0.0462 e. The van der Waals surface area contributed by atoms with Gasteiger partial charge in [-0.15, -0.1) is 9.24 Å². The van der Waals surface area contributed by atoms with E-state index in [0.717, 1.165) is 0 Å². The van der Waals surface area contributed by atoms with Gasteiger partial charge < -0.3 is 4.98 Å². The molecule has 1 heterocycles. The third-order valence-electron chi connectivity index (χ3n) is 1.90. The summed E-state index contributed by atoms with van der Waals surface area (Å²) >= 11 is 0. The van der Waals surface area contributed by atoms with E-state index in [1.807, 2.05) is 6.20 Å². The summed E-state index contributed by atoms with van der Waals surface area (Å²) in [5, 5.41) is 2.55. The Hall–Kier alpha value is -0.810. The van der Waals surface area contributed by atoms with Crippen LogP contribution in [0.25, 0.3) is 10.9 Å². The minimum Gasteiger partial charge on any atom is -0.361 e. The van der Waals surface area contributed by atoms with Crippen LogP contribution in [0.1, 0.15) is 5.56 Å². The average molecular weight is 163 g/mol. The highest BCUT2D eigenvalue weighted by Crippen LogP contribution is 2.15. The third-order valence-corrected chi connectivity index (χ3v) is 2.23. The van der Waals surface area contributed by atoms with Crippen LogP contribution in [0.15, 0.2) is 24.4 Å². The van der Waals surface area contributed by atoms with E-state index >= 15 is 0 Å². The standard InChI is InChI=1S/C9H10NP/c1-6-4-7(11)5-9-8(6)2-3-10-9/h2-5,10H,11H2,1H3. The van der Waals surface area contributed by atoms with Crippen LogP contribution in [0.2, 0.25) is 0 Å². The van der Waals surface area contributed by atoms with E-state index in [-0.39, 0.29) is 0 Å². The second kappa shape index (κ2) is 2.35. The largest absolute Gasteiger partial charge is 0.361 e. The van der Waals surface area contributed by atoms with Crippen molar-refractivity contribution in [3.8, 4) is 0 Å². The molecule has 11 heavy (non-hydrogen) atoms. The van der Waals surface area contributed by atoms with Crippen molar-refractivity contribution < 1.29 is 0 Å². The lowest BCUT2D eigenvalue weighted by molar-refractivity contribution is 1.48. The molecular formula is C9H10NP. The van der Waals surface area contributed by atoms with Crippen molar-refractivity contribution in [2.75, 3.05) is 0 Å². The molecule has 1 aromatic carbocycles. The van der Waals surface area contributed by atoms with E-state index in [0.29, 0.717) is 0 Å². The normalized spacial score (nSPS) is 10.7. The van der Waals surface area contributed by atoms with Gasteiger partial charge in [0.15, 0.2) is 0 Å². The van der Waals surface area contributed by atoms with Gasteiger partial charge in [0.1, 0.15) is 0 Å². The number of benzene rings is 1. The Morgan fingerprint density at radius 2 is 2.18 bits per heavy atom. The van der Waals surface area contributed by atoms with Crippen molar-refractivity contribution in [2.45, 2.75) is 6.92 Å². The highest BCUT2D eigenvalue weighted by atomic mass is 31.0. The predicted octanol–water partition coefficient (Wildman–Crippen LogP) is 1.98. The molecule has 0 aliphatic heterocycles. The van der Waals surface area contributed by atoms with Crippen LogP contribution < -0.4 is 5.30 Å². The number of H-pyrrole nitrogens is 1. The van der Waals surface area contributed by atoms with Gasteiger partial charge in [0.05, 0.1) is 0 Å². The van der Waals surface area contributed by atoms with E-state index in [4.69, 9.17) is 0 Å². The molecule has 0 fully saturated rings. The summed E-state index contributed by atoms with van der Waals surface area (Å²) in [6.45, 7) is 2.13. The van der Waals surface area contributed by atoms with E-state index in [1.54, 1.807) is 0 Å². The highest BCUT2D eigenvalue weighted by Gasteiger charge is 1.97. The number of hydrogen-bond donors (Lipinski definition) is 1. The summed E-state index contributed by atoms with van der Waals surface area (Å²) < 4.78 is 0. The molecular weight excluding hydrogens is 153 g/mol. The Bertz CT molecular complexity index is 389. The first-order valence-electron chi connectivity index (χ1n) is 3.60. The molecule has 0 saturated heterocycles. The molecule has 2 aromatic rings. The van der Waals surface area contributed by atoms with Gasteiger partial charge in [-0.25, -0.2) is 0 Å². The third kappa shape index (κ3) is 1.06. The maximum atomic E-state index is 3.19. The molecule has 0 spiro atoms. The molecule has 1 atom stereocenters. The minimum atomic E-state index is 1.22. The summed E-state index contributed by atoms with van der Waals surface area (Å²) in [6.07, 6.45) is 1.97. The van der Waals surface area contributed by atoms with Gasteiger partial charge in [0, 0.05) is 17.1 Å². The molecule has 0 aliphatic rings. The quantitative estimate of drug-likeness (QED) is 0.571. The fourth-order valence-electron chi connectivity index (χ4n) is 1.38. The summed E-state index contributed by atoms with van der Waals surface area (Å²) in [5.74, 6) is 0. The van der Waals surface area contributed by atoms with E-state index in [1.165, 1.54) is 21.8 Å². The van der Waals surface area contributed by atoms with Crippen LogP contribution in [-0.2, 0) is 0 Å². The Labute approximate surface area is 68.0 Å². The molecule has 56 valence electrons. The van der Waals surface area contributed by atoms with Crippen LogP contribution in [0.3, 0.4) is 0 Å². The van der Waals surface area contributed by atoms with Gasteiger partial charge in [0.2, 0.25) is 0 Å². The van der Waals surface area contributed by atoms with Crippen LogP contribution in [0, 0.1) is 6.92 Å². The predicted molar refractivity (Wildman–Crippen MR) is 52.4 cm³/mol. The number of aryl methyl sites for hydroxylation is 1. The lowest BCUT2D eigenvalue weighted by atomic mass is 10.1. The fraction of sp³-hybridized carbons (Fsp3) is 0.111. The molecule has 2 rings (SSSR count). The zero-order valence-corrected chi connectivity index (χ0v) is 7.54. The van der Waals surface area contributed by atoms with Crippen molar-refractivity contribution in [1.82, 2.24) is 4.98 Å². The molecule has 1 N–H and O–H groups in total. The molecule has 2 heteroatoms. The van der Waals surface area contributed by atoms with E-state index < -0.39 is 0 Å². The first kappa shape index (κ1) is 6.87. The second-order valence-corrected chi connectivity index (χ2v) is 3.44. The van der Waals surface area contributed by atoms with E-state index in [2.05, 4.69) is 39.3 Å². The molecule has 1 nitrogen and oxygen atoms in total. The van der Waals surface area contributed by atoms with Crippen LogP contribution in [0.4, 0.5) is 0 Å². The zero-order valence-electron chi connectivity index (χ0n) is 6.39. The van der Waals surface area contributed by atoms with Crippen LogP contribution in [0.5, 0.6) is 0 Å². The zero-order chi connectivity index (χ0) is 7.84. The maximum Gasteiger partial charge on any atom is 0.0462 e. The Balaban J connectivity index is 2.91. The number of nitrogens with one attached hydrogen (secondary N) is 1. The van der Waals surface area contributed by atoms with Gasteiger partial charge in [0.25, 0.3) is 0 Å². The van der Waals surface area contributed by atoms with Gasteiger partial charge in [-0.1, -0.05) is 6.07 Å². The second-order valence-electron chi connectivity index (χ2n) is 2.78. The van der Waals surface area contributed by atoms with Crippen molar-refractivity contribution in [1.29, 1.82) is 0 Å². The monoisotopic (exact) mass is 163 g/mol. The van der Waals surface area contributed by atoms with Gasteiger partial charge in [-0.2, -0.15) is 0 Å². The summed E-state index contributed by atoms with van der Waals surface area (Å²) in [6, 6.07) is 6.41. The highest BCUT2D eigenvalue weighted by molar-refractivity contribution is 7.27. The Kier molecular flexibility index (Phi) is 1.47. The lowest BCUT2D eigenvalue weighted by Gasteiger charge is -1.97. The summed E-state index contributed by atoms with van der Waals surface area (Å²) in [5.41, 5.74) is 2.55. The fourth-order valence-corrected chi connectivity index (χ4v) is 1.80. The van der Waals surface area contributed by atoms with Gasteiger partial charge >= 0.3 is 0 Å². The Morgan fingerprint density at radius 3 is 3.00 bits per heavy atom. The van der Waals surface area contributed by atoms with Gasteiger partial charge in [-0.3, -0.25) is 0 Å². The summed E-state index contributed by atoms with van der Waals surface area (Å²) in [4.78, 5) is 3.19. The van der Waals surface area contributed by atoms with Crippen LogP contribution in [-0.4, -0.2) is 4.98 Å². The number of aromatic nitrogens is 1. The number of hydrogen-bond acceptors (Lipinski definition) is 0. The lowest BCUT2D eigenvalue weighted by Crippen LogP contribution is -1.90. The Morgan fingerprint density at radius 1 is 1.36 bits per heavy atom.